The Morgan fingerprint density at radius 1 is 1.44 bits per heavy atom. The normalized spacial score (nSPS) is 11.5. The van der Waals surface area contributed by atoms with Crippen molar-refractivity contribution in [1.29, 1.82) is 0 Å². The lowest BCUT2D eigenvalue weighted by molar-refractivity contribution is 0.146. The number of aryl methyl sites for hydroxylation is 1. The van der Waals surface area contributed by atoms with Crippen molar-refractivity contribution in [3.63, 3.8) is 0 Å². The second-order valence-electron chi connectivity index (χ2n) is 3.31. The van der Waals surface area contributed by atoms with Gasteiger partial charge >= 0.3 is 0 Å². The third-order valence-corrected chi connectivity index (χ3v) is 2.12. The lowest BCUT2D eigenvalue weighted by Gasteiger charge is -2.09. The lowest BCUT2D eigenvalue weighted by atomic mass is 10.1. The number of rotatable bonds is 5. The molecule has 0 spiro atoms. The molecule has 16 heavy (non-hydrogen) atoms. The Kier molecular flexibility index (Phi) is 4.60. The summed E-state index contributed by atoms with van der Waals surface area (Å²) in [5, 5.41) is 11.5. The van der Waals surface area contributed by atoms with Gasteiger partial charge in [-0.1, -0.05) is 5.16 Å². The maximum Gasteiger partial charge on any atom is 0.170 e. The van der Waals surface area contributed by atoms with Crippen LogP contribution in [0, 0.1) is 6.92 Å². The molecule has 3 N–H and O–H groups in total. The van der Waals surface area contributed by atoms with Gasteiger partial charge in [-0.25, -0.2) is 0 Å². The zero-order valence-electron chi connectivity index (χ0n) is 9.43. The summed E-state index contributed by atoms with van der Waals surface area (Å²) in [6.07, 6.45) is 0. The van der Waals surface area contributed by atoms with Crippen molar-refractivity contribution < 1.29 is 14.7 Å². The van der Waals surface area contributed by atoms with Crippen LogP contribution in [0.5, 0.6) is 5.75 Å². The highest BCUT2D eigenvalue weighted by Gasteiger charge is 2.04. The molecular formula is C11H16N2O3. The SMILES string of the molecule is COCCOc1ccc(/C(N)=N/O)cc1C. The number of oxime groups is 1. The van der Waals surface area contributed by atoms with E-state index in [1.54, 1.807) is 25.3 Å². The molecule has 0 radical (unpaired) electrons. The minimum atomic E-state index is 0.0894. The topological polar surface area (TPSA) is 77.1 Å². The number of hydrogen-bond acceptors (Lipinski definition) is 4. The first kappa shape index (κ1) is 12.3. The van der Waals surface area contributed by atoms with Crippen molar-refractivity contribution >= 4 is 5.84 Å². The fraction of sp³-hybridized carbons (Fsp3) is 0.364. The van der Waals surface area contributed by atoms with Crippen LogP contribution in [0.4, 0.5) is 0 Å². The third-order valence-electron chi connectivity index (χ3n) is 2.12. The van der Waals surface area contributed by atoms with E-state index in [9.17, 15) is 0 Å². The van der Waals surface area contributed by atoms with Crippen LogP contribution in [0.2, 0.25) is 0 Å². The van der Waals surface area contributed by atoms with E-state index < -0.39 is 0 Å². The number of amidine groups is 1. The Balaban J connectivity index is 2.75. The lowest BCUT2D eigenvalue weighted by Crippen LogP contribution is -2.13. The number of methoxy groups -OCH3 is 1. The second kappa shape index (κ2) is 5.97. The zero-order chi connectivity index (χ0) is 12.0. The van der Waals surface area contributed by atoms with Gasteiger partial charge in [0.25, 0.3) is 0 Å². The van der Waals surface area contributed by atoms with Crippen LogP contribution < -0.4 is 10.5 Å². The Morgan fingerprint density at radius 2 is 2.19 bits per heavy atom. The summed E-state index contributed by atoms with van der Waals surface area (Å²) in [7, 11) is 1.62. The van der Waals surface area contributed by atoms with E-state index in [4.69, 9.17) is 20.4 Å². The van der Waals surface area contributed by atoms with Crippen LogP contribution in [0.1, 0.15) is 11.1 Å². The van der Waals surface area contributed by atoms with Crippen molar-refractivity contribution in [2.24, 2.45) is 10.9 Å². The maximum atomic E-state index is 8.54. The van der Waals surface area contributed by atoms with Gasteiger partial charge in [0, 0.05) is 12.7 Å². The molecule has 0 unspecified atom stereocenters. The van der Waals surface area contributed by atoms with Crippen molar-refractivity contribution in [1.82, 2.24) is 0 Å². The second-order valence-corrected chi connectivity index (χ2v) is 3.31. The first-order valence-corrected chi connectivity index (χ1v) is 4.89. The molecule has 0 atom stereocenters. The van der Waals surface area contributed by atoms with Crippen molar-refractivity contribution in [2.75, 3.05) is 20.3 Å². The van der Waals surface area contributed by atoms with E-state index in [2.05, 4.69) is 5.16 Å². The van der Waals surface area contributed by atoms with Gasteiger partial charge in [0.2, 0.25) is 0 Å². The molecule has 0 aliphatic carbocycles. The van der Waals surface area contributed by atoms with Crippen LogP contribution in [-0.4, -0.2) is 31.4 Å². The minimum Gasteiger partial charge on any atom is -0.491 e. The number of benzene rings is 1. The van der Waals surface area contributed by atoms with Crippen molar-refractivity contribution in [3.05, 3.63) is 29.3 Å². The molecule has 1 rings (SSSR count). The zero-order valence-corrected chi connectivity index (χ0v) is 9.43. The van der Waals surface area contributed by atoms with Gasteiger partial charge in [-0.3, -0.25) is 0 Å². The molecule has 0 aliphatic heterocycles. The quantitative estimate of drug-likeness (QED) is 0.258. The highest BCUT2D eigenvalue weighted by molar-refractivity contribution is 5.97. The van der Waals surface area contributed by atoms with E-state index in [0.717, 1.165) is 11.3 Å². The van der Waals surface area contributed by atoms with Gasteiger partial charge in [0.05, 0.1) is 6.61 Å². The largest absolute Gasteiger partial charge is 0.491 e. The van der Waals surface area contributed by atoms with Gasteiger partial charge in [-0.15, -0.1) is 0 Å². The molecule has 0 aliphatic rings. The average molecular weight is 224 g/mol. The van der Waals surface area contributed by atoms with E-state index >= 15 is 0 Å². The van der Waals surface area contributed by atoms with E-state index in [-0.39, 0.29) is 5.84 Å². The minimum absolute atomic E-state index is 0.0894. The van der Waals surface area contributed by atoms with Crippen LogP contribution >= 0.6 is 0 Å². The van der Waals surface area contributed by atoms with Crippen LogP contribution in [-0.2, 0) is 4.74 Å². The first-order chi connectivity index (χ1) is 7.69. The number of hydrogen-bond donors (Lipinski definition) is 2. The Morgan fingerprint density at radius 3 is 2.75 bits per heavy atom. The number of nitrogens with two attached hydrogens (primary N) is 1. The molecule has 5 heteroatoms. The summed E-state index contributed by atoms with van der Waals surface area (Å²) in [6.45, 7) is 2.94. The average Bonchev–Trinajstić information content (AvgIpc) is 2.30. The molecule has 0 saturated carbocycles. The number of nitrogens with zero attached hydrogens (tertiary/aromatic N) is 1. The van der Waals surface area contributed by atoms with Crippen molar-refractivity contribution in [3.8, 4) is 5.75 Å². The van der Waals surface area contributed by atoms with E-state index in [1.165, 1.54) is 0 Å². The smallest absolute Gasteiger partial charge is 0.170 e. The fourth-order valence-corrected chi connectivity index (χ4v) is 1.26. The summed E-state index contributed by atoms with van der Waals surface area (Å²) in [5.41, 5.74) is 7.07. The third kappa shape index (κ3) is 3.13. The predicted octanol–water partition coefficient (Wildman–Crippen LogP) is 1.11. The molecule has 0 aromatic heterocycles. The fourth-order valence-electron chi connectivity index (χ4n) is 1.26. The Bertz CT molecular complexity index is 377. The summed E-state index contributed by atoms with van der Waals surface area (Å²) in [6, 6.07) is 5.33. The molecular weight excluding hydrogens is 208 g/mol. The molecule has 5 nitrogen and oxygen atoms in total. The van der Waals surface area contributed by atoms with Gasteiger partial charge in [-0.2, -0.15) is 0 Å². The highest BCUT2D eigenvalue weighted by atomic mass is 16.5. The molecule has 0 saturated heterocycles. The molecule has 1 aromatic carbocycles. The van der Waals surface area contributed by atoms with E-state index in [1.807, 2.05) is 6.92 Å². The Labute approximate surface area is 94.5 Å². The van der Waals surface area contributed by atoms with Crippen LogP contribution in [0.3, 0.4) is 0 Å². The van der Waals surface area contributed by atoms with Crippen LogP contribution in [0.25, 0.3) is 0 Å². The standard InChI is InChI=1S/C11H16N2O3/c1-8-7-9(11(12)13-14)3-4-10(8)16-6-5-15-2/h3-4,7,14H,5-6H2,1-2H3,(H2,12,13). The molecule has 0 amide bonds. The molecule has 0 fully saturated rings. The molecule has 0 bridgehead atoms. The van der Waals surface area contributed by atoms with Gasteiger partial charge in [-0.05, 0) is 30.7 Å². The van der Waals surface area contributed by atoms with Gasteiger partial charge in [0.1, 0.15) is 12.4 Å². The monoisotopic (exact) mass is 224 g/mol. The van der Waals surface area contributed by atoms with Crippen LogP contribution in [0.15, 0.2) is 23.4 Å². The number of ether oxygens (including phenoxy) is 2. The molecule has 88 valence electrons. The first-order valence-electron chi connectivity index (χ1n) is 4.89. The summed E-state index contributed by atoms with van der Waals surface area (Å²) >= 11 is 0. The summed E-state index contributed by atoms with van der Waals surface area (Å²) < 4.78 is 10.4. The summed E-state index contributed by atoms with van der Waals surface area (Å²) in [4.78, 5) is 0. The highest BCUT2D eigenvalue weighted by Crippen LogP contribution is 2.18. The molecule has 0 heterocycles. The van der Waals surface area contributed by atoms with Gasteiger partial charge < -0.3 is 20.4 Å². The maximum absolute atomic E-state index is 8.54. The van der Waals surface area contributed by atoms with E-state index in [0.29, 0.717) is 18.8 Å². The Hall–Kier alpha value is -1.75. The molecule has 1 aromatic rings. The van der Waals surface area contributed by atoms with Crippen molar-refractivity contribution in [2.45, 2.75) is 6.92 Å². The predicted molar refractivity (Wildman–Crippen MR) is 61.1 cm³/mol. The summed E-state index contributed by atoms with van der Waals surface area (Å²) in [5.74, 6) is 0.859. The van der Waals surface area contributed by atoms with Gasteiger partial charge in [0.15, 0.2) is 5.84 Å².